The van der Waals surface area contributed by atoms with Gasteiger partial charge in [-0.15, -0.1) is 0 Å². The summed E-state index contributed by atoms with van der Waals surface area (Å²) in [4.78, 5) is 15.4. The summed E-state index contributed by atoms with van der Waals surface area (Å²) in [6, 6.07) is 16.5. The first-order valence-corrected chi connectivity index (χ1v) is 11.6. The third-order valence-corrected chi connectivity index (χ3v) is 5.96. The molecule has 1 amide bonds. The minimum absolute atomic E-state index is 0.0510. The van der Waals surface area contributed by atoms with Crippen LogP contribution >= 0.6 is 0 Å². The van der Waals surface area contributed by atoms with Crippen LogP contribution in [0.15, 0.2) is 60.7 Å². The van der Waals surface area contributed by atoms with Crippen molar-refractivity contribution in [3.63, 3.8) is 0 Å². The van der Waals surface area contributed by atoms with Gasteiger partial charge in [-0.3, -0.25) is 4.79 Å². The average Bonchev–Trinajstić information content (AvgIpc) is 2.87. The maximum Gasteiger partial charge on any atom is 0.254 e. The van der Waals surface area contributed by atoms with Gasteiger partial charge < -0.3 is 23.8 Å². The van der Waals surface area contributed by atoms with Crippen molar-refractivity contribution >= 4 is 5.91 Å². The molecule has 3 aromatic carbocycles. The summed E-state index contributed by atoms with van der Waals surface area (Å²) in [6.07, 6.45) is 0.721. The highest BCUT2D eigenvalue weighted by Gasteiger charge is 2.33. The highest BCUT2D eigenvalue weighted by molar-refractivity contribution is 5.95. The monoisotopic (exact) mass is 479 g/mol. The van der Waals surface area contributed by atoms with E-state index in [1.807, 2.05) is 43.0 Å². The quantitative estimate of drug-likeness (QED) is 0.430. The van der Waals surface area contributed by atoms with Crippen molar-refractivity contribution in [2.75, 3.05) is 27.4 Å². The molecule has 0 aromatic heterocycles. The van der Waals surface area contributed by atoms with Crippen LogP contribution in [-0.4, -0.2) is 44.3 Å². The number of rotatable bonds is 8. The number of amides is 1. The molecular weight excluding hydrogens is 449 g/mol. The van der Waals surface area contributed by atoms with Crippen LogP contribution in [0.2, 0.25) is 0 Å². The Labute approximate surface area is 205 Å². The Kier molecular flexibility index (Phi) is 7.44. The second-order valence-electron chi connectivity index (χ2n) is 8.63. The Bertz CT molecular complexity index is 1160. The Morgan fingerprint density at radius 1 is 0.971 bits per heavy atom. The third kappa shape index (κ3) is 5.50. The van der Waals surface area contributed by atoms with E-state index < -0.39 is 0 Å². The van der Waals surface area contributed by atoms with E-state index in [2.05, 4.69) is 0 Å². The van der Waals surface area contributed by atoms with Crippen LogP contribution in [-0.2, 0) is 6.42 Å². The summed E-state index contributed by atoms with van der Waals surface area (Å²) in [7, 11) is 3.19. The summed E-state index contributed by atoms with van der Waals surface area (Å²) < 4.78 is 36.1. The number of nitrogens with zero attached hydrogens (tertiary/aromatic N) is 1. The lowest BCUT2D eigenvalue weighted by Crippen LogP contribution is -2.42. The van der Waals surface area contributed by atoms with E-state index in [1.165, 1.54) is 12.1 Å². The van der Waals surface area contributed by atoms with Crippen molar-refractivity contribution < 1.29 is 28.1 Å². The number of carbonyl (C=O) groups is 1. The number of ether oxygens (including phenoxy) is 4. The summed E-state index contributed by atoms with van der Waals surface area (Å²) in [6.45, 7) is 4.63. The average molecular weight is 480 g/mol. The van der Waals surface area contributed by atoms with E-state index >= 15 is 0 Å². The molecule has 1 aliphatic rings. The number of carbonyl (C=O) groups excluding carboxylic acids is 1. The van der Waals surface area contributed by atoms with E-state index in [4.69, 9.17) is 18.9 Å². The molecule has 0 fully saturated rings. The molecule has 35 heavy (non-hydrogen) atoms. The van der Waals surface area contributed by atoms with E-state index in [0.717, 1.165) is 11.1 Å². The van der Waals surface area contributed by atoms with Gasteiger partial charge in [-0.05, 0) is 92.1 Å². The smallest absolute Gasteiger partial charge is 0.254 e. The van der Waals surface area contributed by atoms with Crippen molar-refractivity contribution in [3.8, 4) is 23.0 Å². The maximum atomic E-state index is 13.6. The third-order valence-electron chi connectivity index (χ3n) is 5.96. The van der Waals surface area contributed by atoms with E-state index in [-0.39, 0.29) is 30.5 Å². The van der Waals surface area contributed by atoms with Crippen LogP contribution in [0, 0.1) is 5.82 Å². The molecule has 6 nitrogen and oxygen atoms in total. The molecule has 3 aromatic rings. The number of hydrogen-bond acceptors (Lipinski definition) is 5. The molecule has 0 saturated carbocycles. The molecule has 1 atom stereocenters. The van der Waals surface area contributed by atoms with Gasteiger partial charge in [-0.1, -0.05) is 0 Å². The molecule has 1 heterocycles. The molecular formula is C28H30FNO5. The van der Waals surface area contributed by atoms with Crippen molar-refractivity contribution in [2.24, 2.45) is 0 Å². The van der Waals surface area contributed by atoms with Crippen molar-refractivity contribution in [1.82, 2.24) is 4.90 Å². The van der Waals surface area contributed by atoms with E-state index in [1.54, 1.807) is 38.5 Å². The molecule has 1 aliphatic heterocycles. The van der Waals surface area contributed by atoms with Crippen molar-refractivity contribution in [2.45, 2.75) is 32.4 Å². The minimum atomic E-state index is -0.373. The summed E-state index contributed by atoms with van der Waals surface area (Å²) >= 11 is 0. The van der Waals surface area contributed by atoms with Gasteiger partial charge in [-0.2, -0.15) is 0 Å². The Hall–Kier alpha value is -3.74. The zero-order chi connectivity index (χ0) is 24.9. The zero-order valence-electron chi connectivity index (χ0n) is 20.4. The van der Waals surface area contributed by atoms with Crippen LogP contribution in [0.3, 0.4) is 0 Å². The van der Waals surface area contributed by atoms with Gasteiger partial charge in [0.05, 0.1) is 26.4 Å². The topological polar surface area (TPSA) is 57.2 Å². The molecule has 0 saturated heterocycles. The van der Waals surface area contributed by atoms with Crippen LogP contribution < -0.4 is 18.9 Å². The fraction of sp³-hybridized carbons (Fsp3) is 0.321. The Morgan fingerprint density at radius 2 is 1.60 bits per heavy atom. The largest absolute Gasteiger partial charge is 0.493 e. The van der Waals surface area contributed by atoms with Gasteiger partial charge in [0.2, 0.25) is 0 Å². The van der Waals surface area contributed by atoms with Gasteiger partial charge in [0, 0.05) is 12.1 Å². The van der Waals surface area contributed by atoms with Crippen molar-refractivity contribution in [3.05, 3.63) is 83.2 Å². The Balaban J connectivity index is 1.65. The molecule has 184 valence electrons. The zero-order valence-corrected chi connectivity index (χ0v) is 20.4. The van der Waals surface area contributed by atoms with Gasteiger partial charge in [0.15, 0.2) is 11.5 Å². The fourth-order valence-electron chi connectivity index (χ4n) is 4.27. The first-order chi connectivity index (χ1) is 16.9. The number of benzene rings is 3. The lowest BCUT2D eigenvalue weighted by molar-refractivity contribution is 0.0589. The van der Waals surface area contributed by atoms with E-state index in [9.17, 15) is 9.18 Å². The van der Waals surface area contributed by atoms with Crippen LogP contribution in [0.1, 0.15) is 41.4 Å². The van der Waals surface area contributed by atoms with Gasteiger partial charge in [0.25, 0.3) is 5.91 Å². The maximum absolute atomic E-state index is 13.6. The van der Waals surface area contributed by atoms with Crippen molar-refractivity contribution in [1.29, 1.82) is 0 Å². The molecule has 0 bridgehead atoms. The first kappa shape index (κ1) is 24.4. The number of fused-ring (bicyclic) bond motifs is 1. The number of hydrogen-bond donors (Lipinski definition) is 0. The summed E-state index contributed by atoms with van der Waals surface area (Å²) in [5.41, 5.74) is 2.57. The van der Waals surface area contributed by atoms with Gasteiger partial charge in [-0.25, -0.2) is 4.39 Å². The highest BCUT2D eigenvalue weighted by atomic mass is 19.1. The minimum Gasteiger partial charge on any atom is -0.493 e. The lowest BCUT2D eigenvalue weighted by Gasteiger charge is -2.37. The fourth-order valence-corrected chi connectivity index (χ4v) is 4.27. The number of methoxy groups -OCH3 is 2. The van der Waals surface area contributed by atoms with Crippen LogP contribution in [0.5, 0.6) is 23.0 Å². The SMILES string of the molecule is COc1cc2c(cc1OC)[C@H](COc1ccc(F)cc1)N(C(=O)c1ccc(OC(C)C)cc1)CC2. The predicted octanol–water partition coefficient (Wildman–Crippen LogP) is 5.45. The molecule has 0 N–H and O–H groups in total. The molecule has 4 rings (SSSR count). The molecule has 0 radical (unpaired) electrons. The first-order valence-electron chi connectivity index (χ1n) is 11.6. The lowest BCUT2D eigenvalue weighted by atomic mass is 9.91. The van der Waals surface area contributed by atoms with E-state index in [0.29, 0.717) is 41.5 Å². The molecule has 0 aliphatic carbocycles. The summed E-state index contributed by atoms with van der Waals surface area (Å²) in [5.74, 6) is 2.04. The highest BCUT2D eigenvalue weighted by Crippen LogP contribution is 2.39. The number of halogens is 1. The van der Waals surface area contributed by atoms with Gasteiger partial charge in [0.1, 0.15) is 23.9 Å². The second-order valence-corrected chi connectivity index (χ2v) is 8.63. The van der Waals surface area contributed by atoms with Gasteiger partial charge >= 0.3 is 0 Å². The molecule has 0 spiro atoms. The Morgan fingerprint density at radius 3 is 2.23 bits per heavy atom. The molecule has 7 heteroatoms. The normalized spacial score (nSPS) is 14.9. The standard InChI is InChI=1S/C28H30FNO5/c1-18(2)35-23-9-5-19(6-10-23)28(31)30-14-13-20-15-26(32-3)27(33-4)16-24(20)25(30)17-34-22-11-7-21(29)8-12-22/h5-12,15-16,18,25H,13-14,17H2,1-4H3/t25-/m0/s1. The predicted molar refractivity (Wildman–Crippen MR) is 131 cm³/mol. The van der Waals surface area contributed by atoms with Crippen LogP contribution in [0.4, 0.5) is 4.39 Å². The second kappa shape index (κ2) is 10.7. The van der Waals surface area contributed by atoms with Crippen LogP contribution in [0.25, 0.3) is 0 Å². The molecule has 0 unspecified atom stereocenters. The summed E-state index contributed by atoms with van der Waals surface area (Å²) in [5, 5.41) is 0.